The molecule has 1 aliphatic heterocycles. The lowest BCUT2D eigenvalue weighted by atomic mass is 10.0. The molecule has 8 nitrogen and oxygen atoms in total. The SMILES string of the molecule is Cc1cc(-c2cc(C(=O)Nc3ccc(OC(F)(F)Cl)cc3)ccc2N2CNC(O)C2)n[nH]1. The van der Waals surface area contributed by atoms with Gasteiger partial charge in [0.2, 0.25) is 0 Å². The van der Waals surface area contributed by atoms with Crippen molar-refractivity contribution in [1.29, 1.82) is 0 Å². The van der Waals surface area contributed by atoms with Gasteiger partial charge >= 0.3 is 5.57 Å². The number of amides is 1. The van der Waals surface area contributed by atoms with Gasteiger partial charge in [0, 0.05) is 39.8 Å². The predicted octanol–water partition coefficient (Wildman–Crippen LogP) is 3.49. The molecule has 0 aliphatic carbocycles. The number of hydrogen-bond donors (Lipinski definition) is 4. The molecule has 0 bridgehead atoms. The van der Waals surface area contributed by atoms with Crippen molar-refractivity contribution >= 4 is 28.9 Å². The number of β-amino-alcohol motifs (C(OH)–C–C–N with tert-alkyl or cyclic N) is 1. The van der Waals surface area contributed by atoms with E-state index < -0.39 is 11.8 Å². The number of carbonyl (C=O) groups is 1. The zero-order chi connectivity index (χ0) is 22.9. The number of alkyl halides is 3. The molecular formula is C21H20ClF2N5O3. The summed E-state index contributed by atoms with van der Waals surface area (Å²) in [6.07, 6.45) is -0.641. The van der Waals surface area contributed by atoms with Gasteiger partial charge in [-0.3, -0.25) is 15.2 Å². The van der Waals surface area contributed by atoms with Crippen molar-refractivity contribution in [2.45, 2.75) is 18.7 Å². The highest BCUT2D eigenvalue weighted by atomic mass is 35.5. The normalized spacial score (nSPS) is 16.3. The van der Waals surface area contributed by atoms with E-state index in [1.165, 1.54) is 24.3 Å². The molecule has 0 radical (unpaired) electrons. The average molecular weight is 464 g/mol. The Bertz CT molecular complexity index is 1120. The molecule has 0 spiro atoms. The van der Waals surface area contributed by atoms with Crippen LogP contribution < -0.4 is 20.3 Å². The number of halogens is 3. The molecule has 3 aromatic rings. The molecule has 4 rings (SSSR count). The van der Waals surface area contributed by atoms with Crippen molar-refractivity contribution in [3.63, 3.8) is 0 Å². The summed E-state index contributed by atoms with van der Waals surface area (Å²) < 4.78 is 29.7. The number of benzene rings is 2. The fourth-order valence-corrected chi connectivity index (χ4v) is 3.48. The number of anilines is 2. The predicted molar refractivity (Wildman–Crippen MR) is 116 cm³/mol. The molecule has 1 atom stereocenters. The van der Waals surface area contributed by atoms with E-state index in [1.54, 1.807) is 18.2 Å². The number of aliphatic hydroxyl groups excluding tert-OH is 1. The van der Waals surface area contributed by atoms with Crippen LogP contribution in [-0.2, 0) is 0 Å². The Labute approximate surface area is 187 Å². The minimum atomic E-state index is -3.81. The van der Waals surface area contributed by atoms with E-state index in [2.05, 4.69) is 25.6 Å². The fourth-order valence-electron chi connectivity index (χ4n) is 3.39. The lowest BCUT2D eigenvalue weighted by Gasteiger charge is -2.20. The van der Waals surface area contributed by atoms with Gasteiger partial charge in [-0.15, -0.1) is 8.78 Å². The average Bonchev–Trinajstić information content (AvgIpc) is 3.36. The molecule has 4 N–H and O–H groups in total. The molecule has 1 aliphatic rings. The second-order valence-corrected chi connectivity index (χ2v) is 7.73. The number of aliphatic hydroxyl groups is 1. The van der Waals surface area contributed by atoms with Crippen LogP contribution in [0.4, 0.5) is 20.2 Å². The maximum absolute atomic E-state index is 12.8. The van der Waals surface area contributed by atoms with Crippen LogP contribution in [0, 0.1) is 6.92 Å². The summed E-state index contributed by atoms with van der Waals surface area (Å²) in [5, 5.41) is 22.7. The van der Waals surface area contributed by atoms with E-state index in [0.29, 0.717) is 30.2 Å². The molecule has 2 aromatic carbocycles. The van der Waals surface area contributed by atoms with Gasteiger partial charge in [0.05, 0.1) is 18.9 Å². The van der Waals surface area contributed by atoms with Crippen LogP contribution in [0.5, 0.6) is 5.75 Å². The van der Waals surface area contributed by atoms with Gasteiger partial charge < -0.3 is 20.1 Å². The summed E-state index contributed by atoms with van der Waals surface area (Å²) in [6, 6.07) is 12.5. The second kappa shape index (κ2) is 8.73. The summed E-state index contributed by atoms with van der Waals surface area (Å²) in [6.45, 7) is 2.73. The fraction of sp³-hybridized carbons (Fsp3) is 0.238. The quantitative estimate of drug-likeness (QED) is 0.417. The van der Waals surface area contributed by atoms with Crippen LogP contribution in [0.15, 0.2) is 48.5 Å². The van der Waals surface area contributed by atoms with Crippen molar-refractivity contribution in [1.82, 2.24) is 15.5 Å². The summed E-state index contributed by atoms with van der Waals surface area (Å²) in [7, 11) is 0. The molecule has 1 saturated heterocycles. The number of nitrogens with one attached hydrogen (secondary N) is 3. The number of aromatic amines is 1. The molecule has 1 aromatic heterocycles. The summed E-state index contributed by atoms with van der Waals surface area (Å²) in [5.74, 6) is -0.522. The highest BCUT2D eigenvalue weighted by Gasteiger charge is 2.27. The number of carbonyl (C=O) groups excluding carboxylic acids is 1. The first-order valence-electron chi connectivity index (χ1n) is 9.68. The first kappa shape index (κ1) is 22.0. The third-order valence-electron chi connectivity index (χ3n) is 4.84. The maximum atomic E-state index is 12.8. The van der Waals surface area contributed by atoms with Crippen LogP contribution in [0.1, 0.15) is 16.1 Å². The van der Waals surface area contributed by atoms with E-state index >= 15 is 0 Å². The van der Waals surface area contributed by atoms with E-state index in [4.69, 9.17) is 11.6 Å². The number of H-pyrrole nitrogens is 1. The first-order valence-corrected chi connectivity index (χ1v) is 10.1. The van der Waals surface area contributed by atoms with Gasteiger partial charge in [-0.25, -0.2) is 0 Å². The Morgan fingerprint density at radius 1 is 1.28 bits per heavy atom. The molecule has 1 unspecified atom stereocenters. The minimum absolute atomic E-state index is 0.134. The molecular weight excluding hydrogens is 444 g/mol. The van der Waals surface area contributed by atoms with Crippen LogP contribution in [0.25, 0.3) is 11.3 Å². The monoisotopic (exact) mass is 463 g/mol. The van der Waals surface area contributed by atoms with Gasteiger partial charge in [0.1, 0.15) is 12.0 Å². The summed E-state index contributed by atoms with van der Waals surface area (Å²) in [4.78, 5) is 14.8. The van der Waals surface area contributed by atoms with Crippen molar-refractivity contribution in [2.75, 3.05) is 23.4 Å². The number of rotatable bonds is 6. The summed E-state index contributed by atoms with van der Waals surface area (Å²) >= 11 is 4.75. The molecule has 32 heavy (non-hydrogen) atoms. The van der Waals surface area contributed by atoms with Crippen LogP contribution in [-0.4, -0.2) is 46.2 Å². The second-order valence-electron chi connectivity index (χ2n) is 7.29. The minimum Gasteiger partial charge on any atom is -0.420 e. The largest absolute Gasteiger partial charge is 0.487 e. The number of hydrogen-bond acceptors (Lipinski definition) is 6. The Morgan fingerprint density at radius 3 is 2.62 bits per heavy atom. The van der Waals surface area contributed by atoms with E-state index in [9.17, 15) is 18.7 Å². The van der Waals surface area contributed by atoms with Crippen molar-refractivity contribution in [3.8, 4) is 17.0 Å². The number of ether oxygens (including phenoxy) is 1. The lowest BCUT2D eigenvalue weighted by Crippen LogP contribution is -2.22. The van der Waals surface area contributed by atoms with Gasteiger partial charge in [0.25, 0.3) is 5.91 Å². The van der Waals surface area contributed by atoms with E-state index in [0.717, 1.165) is 16.9 Å². The molecule has 2 heterocycles. The third-order valence-corrected chi connectivity index (χ3v) is 4.92. The Balaban J connectivity index is 1.57. The van der Waals surface area contributed by atoms with Crippen LogP contribution in [0.2, 0.25) is 0 Å². The van der Waals surface area contributed by atoms with Crippen LogP contribution in [0.3, 0.4) is 0 Å². The molecule has 1 fully saturated rings. The standard InChI is InChI=1S/C21H20ClF2N5O3/c1-12-8-17(28-27-12)16-9-13(2-7-18(16)29-10-19(30)25-11-29)20(31)26-14-3-5-15(6-4-14)32-21(22,23)24/h2-9,19,25,30H,10-11H2,1H3,(H,26,31)(H,27,28). The lowest BCUT2D eigenvalue weighted by molar-refractivity contribution is -0.0964. The van der Waals surface area contributed by atoms with Crippen molar-refractivity contribution < 1.29 is 23.4 Å². The van der Waals surface area contributed by atoms with Crippen molar-refractivity contribution in [2.24, 2.45) is 0 Å². The first-order chi connectivity index (χ1) is 15.2. The molecule has 1 amide bonds. The number of nitrogens with zero attached hydrogens (tertiary/aromatic N) is 2. The Morgan fingerprint density at radius 2 is 2.03 bits per heavy atom. The van der Waals surface area contributed by atoms with Gasteiger partial charge in [-0.2, -0.15) is 5.10 Å². The van der Waals surface area contributed by atoms with Crippen molar-refractivity contribution in [3.05, 3.63) is 59.8 Å². The highest BCUT2D eigenvalue weighted by molar-refractivity contribution is 6.20. The number of aromatic nitrogens is 2. The van der Waals surface area contributed by atoms with Gasteiger partial charge in [0.15, 0.2) is 0 Å². The van der Waals surface area contributed by atoms with Crippen LogP contribution >= 0.6 is 11.6 Å². The topological polar surface area (TPSA) is 103 Å². The van der Waals surface area contributed by atoms with Gasteiger partial charge in [-0.1, -0.05) is 0 Å². The maximum Gasteiger partial charge on any atom is 0.487 e. The third kappa shape index (κ3) is 5.16. The van der Waals surface area contributed by atoms with E-state index in [-0.39, 0.29) is 11.7 Å². The Kier molecular flexibility index (Phi) is 6.00. The molecule has 0 saturated carbocycles. The smallest absolute Gasteiger partial charge is 0.420 e. The summed E-state index contributed by atoms with van der Waals surface area (Å²) in [5.41, 5.74) is 0.0426. The highest BCUT2D eigenvalue weighted by Crippen LogP contribution is 2.32. The Hall–Kier alpha value is -3.21. The zero-order valence-electron chi connectivity index (χ0n) is 16.9. The molecule has 168 valence electrons. The van der Waals surface area contributed by atoms with E-state index in [1.807, 2.05) is 17.9 Å². The molecule has 11 heteroatoms. The zero-order valence-corrected chi connectivity index (χ0v) is 17.7. The number of aryl methyl sites for hydroxylation is 1. The van der Waals surface area contributed by atoms with Gasteiger partial charge in [-0.05, 0) is 55.5 Å².